The highest BCUT2D eigenvalue weighted by Gasteiger charge is 2.61. The number of esters is 1. The Morgan fingerprint density at radius 1 is 1.45 bits per heavy atom. The molecule has 0 heterocycles. The SMILES string of the molecule is CCCCOC(=O)CN=C1C[C@@H]2C[C@@H](C2(C)C)[C@]1(C)O. The molecule has 0 spiro atoms. The zero-order valence-electron chi connectivity index (χ0n) is 13.1. The van der Waals surface area contributed by atoms with Crippen LogP contribution in [0.25, 0.3) is 0 Å². The van der Waals surface area contributed by atoms with E-state index in [4.69, 9.17) is 4.74 Å². The molecule has 4 nitrogen and oxygen atoms in total. The van der Waals surface area contributed by atoms with Crippen molar-refractivity contribution < 1.29 is 14.6 Å². The van der Waals surface area contributed by atoms with E-state index in [1.165, 1.54) is 0 Å². The van der Waals surface area contributed by atoms with Crippen molar-refractivity contribution in [3.05, 3.63) is 0 Å². The average molecular weight is 281 g/mol. The fourth-order valence-corrected chi connectivity index (χ4v) is 3.72. The van der Waals surface area contributed by atoms with Gasteiger partial charge in [0.1, 0.15) is 12.1 Å². The van der Waals surface area contributed by atoms with Crippen LogP contribution in [0.4, 0.5) is 0 Å². The molecule has 0 unspecified atom stereocenters. The van der Waals surface area contributed by atoms with Crippen LogP contribution in [-0.4, -0.2) is 35.5 Å². The number of ether oxygens (including phenoxy) is 1. The van der Waals surface area contributed by atoms with Crippen molar-refractivity contribution >= 4 is 11.7 Å². The zero-order chi connectivity index (χ0) is 15.0. The molecule has 0 aromatic heterocycles. The molecule has 0 saturated heterocycles. The van der Waals surface area contributed by atoms with E-state index < -0.39 is 5.60 Å². The van der Waals surface area contributed by atoms with Crippen molar-refractivity contribution in [1.29, 1.82) is 0 Å². The highest BCUT2D eigenvalue weighted by atomic mass is 16.5. The number of carbonyl (C=O) groups is 1. The summed E-state index contributed by atoms with van der Waals surface area (Å²) in [7, 11) is 0. The lowest BCUT2D eigenvalue weighted by atomic mass is 9.44. The van der Waals surface area contributed by atoms with Crippen LogP contribution in [0.15, 0.2) is 4.99 Å². The molecule has 0 aromatic rings. The van der Waals surface area contributed by atoms with Gasteiger partial charge in [-0.15, -0.1) is 0 Å². The Labute approximate surface area is 121 Å². The largest absolute Gasteiger partial charge is 0.464 e. The van der Waals surface area contributed by atoms with Gasteiger partial charge in [0.15, 0.2) is 0 Å². The van der Waals surface area contributed by atoms with E-state index in [1.54, 1.807) is 0 Å². The summed E-state index contributed by atoms with van der Waals surface area (Å²) in [6.45, 7) is 8.84. The molecule has 114 valence electrons. The molecule has 1 N–H and O–H groups in total. The van der Waals surface area contributed by atoms with Gasteiger partial charge in [0.2, 0.25) is 0 Å². The van der Waals surface area contributed by atoms with Gasteiger partial charge in [-0.1, -0.05) is 27.2 Å². The maximum atomic E-state index is 11.6. The number of carbonyl (C=O) groups excluding carboxylic acids is 1. The van der Waals surface area contributed by atoms with Gasteiger partial charge in [-0.05, 0) is 43.4 Å². The number of aliphatic hydroxyl groups is 1. The highest BCUT2D eigenvalue weighted by molar-refractivity contribution is 5.95. The monoisotopic (exact) mass is 281 g/mol. The summed E-state index contributed by atoms with van der Waals surface area (Å²) >= 11 is 0. The summed E-state index contributed by atoms with van der Waals surface area (Å²) in [4.78, 5) is 15.9. The molecule has 3 saturated carbocycles. The Balaban J connectivity index is 1.93. The summed E-state index contributed by atoms with van der Waals surface area (Å²) in [5.41, 5.74) is 0.0945. The second-order valence-corrected chi connectivity index (χ2v) is 7.00. The fraction of sp³-hybridized carbons (Fsp3) is 0.875. The number of fused-ring (bicyclic) bond motifs is 2. The summed E-state index contributed by atoms with van der Waals surface area (Å²) in [5.74, 6) is 0.548. The van der Waals surface area contributed by atoms with Crippen LogP contribution in [-0.2, 0) is 9.53 Å². The Morgan fingerprint density at radius 3 is 2.70 bits per heavy atom. The predicted molar refractivity (Wildman–Crippen MR) is 78.8 cm³/mol. The van der Waals surface area contributed by atoms with Crippen LogP contribution in [0.3, 0.4) is 0 Å². The molecule has 20 heavy (non-hydrogen) atoms. The molecule has 4 heteroatoms. The van der Waals surface area contributed by atoms with Gasteiger partial charge in [-0.25, -0.2) is 0 Å². The first-order chi connectivity index (χ1) is 9.30. The first kappa shape index (κ1) is 15.5. The third-order valence-corrected chi connectivity index (χ3v) is 5.33. The number of aliphatic imine (C=N–C) groups is 1. The molecule has 3 aliphatic carbocycles. The molecule has 0 aromatic carbocycles. The van der Waals surface area contributed by atoms with E-state index in [0.717, 1.165) is 31.4 Å². The molecule has 2 bridgehead atoms. The molecule has 0 radical (unpaired) electrons. The predicted octanol–water partition coefficient (Wildman–Crippen LogP) is 2.59. The van der Waals surface area contributed by atoms with Crippen LogP contribution < -0.4 is 0 Å². The van der Waals surface area contributed by atoms with Crippen LogP contribution >= 0.6 is 0 Å². The zero-order valence-corrected chi connectivity index (χ0v) is 13.1. The summed E-state index contributed by atoms with van der Waals surface area (Å²) in [6, 6.07) is 0. The Morgan fingerprint density at radius 2 is 2.15 bits per heavy atom. The normalized spacial score (nSPS) is 36.5. The van der Waals surface area contributed by atoms with Crippen molar-refractivity contribution in [3.8, 4) is 0 Å². The van der Waals surface area contributed by atoms with E-state index in [-0.39, 0.29) is 23.8 Å². The minimum absolute atomic E-state index is 0.0368. The number of hydrogen-bond acceptors (Lipinski definition) is 4. The maximum Gasteiger partial charge on any atom is 0.327 e. The minimum Gasteiger partial charge on any atom is -0.464 e. The van der Waals surface area contributed by atoms with Crippen LogP contribution in [0.5, 0.6) is 0 Å². The molecule has 3 atom stereocenters. The molecule has 3 rings (SSSR count). The average Bonchev–Trinajstić information content (AvgIpc) is 2.36. The molecular weight excluding hydrogens is 254 g/mol. The number of nitrogens with zero attached hydrogens (tertiary/aromatic N) is 1. The molecule has 3 aliphatic rings. The number of unbranched alkanes of at least 4 members (excludes halogenated alkanes) is 1. The maximum absolute atomic E-state index is 11.6. The second kappa shape index (κ2) is 5.47. The van der Waals surface area contributed by atoms with E-state index in [9.17, 15) is 9.90 Å². The third kappa shape index (κ3) is 2.62. The summed E-state index contributed by atoms with van der Waals surface area (Å²) < 4.78 is 5.09. The van der Waals surface area contributed by atoms with Crippen LogP contribution in [0, 0.1) is 17.3 Å². The van der Waals surface area contributed by atoms with E-state index in [0.29, 0.717) is 12.5 Å². The lowest BCUT2D eigenvalue weighted by Gasteiger charge is -2.62. The van der Waals surface area contributed by atoms with E-state index in [1.807, 2.05) is 6.92 Å². The lowest BCUT2D eigenvalue weighted by molar-refractivity contribution is -0.142. The van der Waals surface area contributed by atoms with Crippen molar-refractivity contribution in [2.45, 2.75) is 59.0 Å². The summed E-state index contributed by atoms with van der Waals surface area (Å²) in [6.07, 6.45) is 3.77. The first-order valence-corrected chi connectivity index (χ1v) is 7.72. The van der Waals surface area contributed by atoms with Crippen LogP contribution in [0.2, 0.25) is 0 Å². The van der Waals surface area contributed by atoms with Crippen molar-refractivity contribution in [1.82, 2.24) is 0 Å². The quantitative estimate of drug-likeness (QED) is 0.622. The Kier molecular flexibility index (Phi) is 4.24. The fourth-order valence-electron chi connectivity index (χ4n) is 3.72. The van der Waals surface area contributed by atoms with E-state index >= 15 is 0 Å². The van der Waals surface area contributed by atoms with Crippen LogP contribution in [0.1, 0.15) is 53.4 Å². The first-order valence-electron chi connectivity index (χ1n) is 7.72. The Bertz CT molecular complexity index is 412. The smallest absolute Gasteiger partial charge is 0.327 e. The van der Waals surface area contributed by atoms with Gasteiger partial charge in [0, 0.05) is 5.71 Å². The van der Waals surface area contributed by atoms with Crippen molar-refractivity contribution in [2.75, 3.05) is 13.2 Å². The molecule has 0 amide bonds. The van der Waals surface area contributed by atoms with Gasteiger partial charge in [-0.2, -0.15) is 0 Å². The number of rotatable bonds is 5. The van der Waals surface area contributed by atoms with Gasteiger partial charge in [0.25, 0.3) is 0 Å². The topological polar surface area (TPSA) is 58.9 Å². The number of hydrogen-bond donors (Lipinski definition) is 1. The third-order valence-electron chi connectivity index (χ3n) is 5.33. The van der Waals surface area contributed by atoms with Gasteiger partial charge in [0.05, 0.1) is 6.61 Å². The lowest BCUT2D eigenvalue weighted by Crippen LogP contribution is -2.64. The molecular formula is C16H27NO3. The Hall–Kier alpha value is -0.900. The van der Waals surface area contributed by atoms with Gasteiger partial charge < -0.3 is 9.84 Å². The standard InChI is InChI=1S/C16H27NO3/c1-5-6-7-20-14(18)10-17-13-9-11-8-12(15(11,2)3)16(13,4)19/h11-12,19H,5-10H2,1-4H3/t11-,12-,16-/m0/s1. The van der Waals surface area contributed by atoms with Crippen molar-refractivity contribution in [2.24, 2.45) is 22.2 Å². The molecule has 0 aliphatic heterocycles. The van der Waals surface area contributed by atoms with E-state index in [2.05, 4.69) is 25.8 Å². The molecule has 3 fully saturated rings. The minimum atomic E-state index is -0.873. The highest BCUT2D eigenvalue weighted by Crippen LogP contribution is 2.61. The van der Waals surface area contributed by atoms with Gasteiger partial charge in [-0.3, -0.25) is 9.79 Å². The van der Waals surface area contributed by atoms with Crippen molar-refractivity contribution in [3.63, 3.8) is 0 Å². The van der Waals surface area contributed by atoms with Gasteiger partial charge >= 0.3 is 5.97 Å². The summed E-state index contributed by atoms with van der Waals surface area (Å²) in [5, 5.41) is 10.7. The second-order valence-electron chi connectivity index (χ2n) is 7.00.